The molecule has 0 atom stereocenters. The minimum Gasteiger partial charge on any atom is -0.476 e. The van der Waals surface area contributed by atoms with Crippen LogP contribution in [0, 0.1) is 26.7 Å². The van der Waals surface area contributed by atoms with Crippen molar-refractivity contribution in [1.82, 2.24) is 24.1 Å². The Morgan fingerprint density at radius 1 is 1.21 bits per heavy atom. The first-order chi connectivity index (χ1) is 13.3. The molecule has 0 N–H and O–H groups in total. The van der Waals surface area contributed by atoms with Gasteiger partial charge in [-0.05, 0) is 45.6 Å². The molecular weight excluding hydrogens is 382 g/mol. The molecule has 150 valence electrons. The molecule has 10 heteroatoms. The maximum atomic E-state index is 12.9. The summed E-state index contributed by atoms with van der Waals surface area (Å²) in [6.45, 7) is 6.60. The third-order valence-electron chi connectivity index (χ3n) is 5.02. The summed E-state index contributed by atoms with van der Waals surface area (Å²) in [6.07, 6.45) is 3.31. The number of fused-ring (bicyclic) bond motifs is 1. The Morgan fingerprint density at radius 2 is 1.96 bits per heavy atom. The molecule has 4 rings (SSSR count). The van der Waals surface area contributed by atoms with Crippen molar-refractivity contribution in [2.75, 3.05) is 19.7 Å². The van der Waals surface area contributed by atoms with Crippen molar-refractivity contribution in [1.29, 1.82) is 0 Å². The second kappa shape index (κ2) is 7.17. The normalized spacial score (nSPS) is 16.7. The number of nitrogens with zero attached hydrogens (tertiary/aromatic N) is 5. The van der Waals surface area contributed by atoms with Gasteiger partial charge in [0.15, 0.2) is 11.4 Å². The third-order valence-corrected chi connectivity index (χ3v) is 7.17. The fourth-order valence-electron chi connectivity index (χ4n) is 3.55. The van der Waals surface area contributed by atoms with E-state index in [2.05, 4.69) is 15.2 Å². The first-order valence-corrected chi connectivity index (χ1v) is 10.7. The van der Waals surface area contributed by atoms with Gasteiger partial charge < -0.3 is 9.26 Å². The zero-order chi connectivity index (χ0) is 19.9. The summed E-state index contributed by atoms with van der Waals surface area (Å²) < 4.78 is 39.8. The van der Waals surface area contributed by atoms with Gasteiger partial charge in [0.25, 0.3) is 0 Å². The molecule has 0 aromatic carbocycles. The summed E-state index contributed by atoms with van der Waals surface area (Å²) >= 11 is 0. The van der Waals surface area contributed by atoms with Gasteiger partial charge in [0.2, 0.25) is 15.9 Å². The lowest BCUT2D eigenvalue weighted by Gasteiger charge is -2.30. The van der Waals surface area contributed by atoms with Gasteiger partial charge in [0, 0.05) is 19.2 Å². The molecule has 0 aliphatic carbocycles. The zero-order valence-electron chi connectivity index (χ0n) is 16.1. The average molecular weight is 405 g/mol. The fraction of sp³-hybridized carbons (Fsp3) is 0.500. The number of sulfonamides is 1. The van der Waals surface area contributed by atoms with Crippen LogP contribution in [0.15, 0.2) is 27.7 Å². The minimum absolute atomic E-state index is 0.190. The third kappa shape index (κ3) is 3.49. The number of imidazole rings is 1. The predicted octanol–water partition coefficient (Wildman–Crippen LogP) is 2.12. The Hall–Kier alpha value is -2.46. The van der Waals surface area contributed by atoms with Crippen molar-refractivity contribution in [3.63, 3.8) is 0 Å². The molecule has 0 amide bonds. The SMILES string of the molecule is Cc1cn2nc(OCC3CCN(S(=O)(=O)c4c(C)noc4C)CC3)ccc2n1. The van der Waals surface area contributed by atoms with Crippen molar-refractivity contribution in [2.45, 2.75) is 38.5 Å². The smallest absolute Gasteiger partial charge is 0.248 e. The van der Waals surface area contributed by atoms with Crippen molar-refractivity contribution in [3.05, 3.63) is 35.5 Å². The first-order valence-electron chi connectivity index (χ1n) is 9.23. The summed E-state index contributed by atoms with van der Waals surface area (Å²) in [4.78, 5) is 4.53. The van der Waals surface area contributed by atoms with Crippen LogP contribution in [0.25, 0.3) is 5.65 Å². The van der Waals surface area contributed by atoms with Crippen LogP contribution in [-0.2, 0) is 10.0 Å². The minimum atomic E-state index is -3.58. The summed E-state index contributed by atoms with van der Waals surface area (Å²) in [5.74, 6) is 1.15. The maximum absolute atomic E-state index is 12.9. The molecule has 0 unspecified atom stereocenters. The topological polar surface area (TPSA) is 103 Å². The largest absolute Gasteiger partial charge is 0.476 e. The van der Waals surface area contributed by atoms with Crippen LogP contribution >= 0.6 is 0 Å². The highest BCUT2D eigenvalue weighted by Crippen LogP contribution is 2.28. The molecule has 9 nitrogen and oxygen atoms in total. The number of ether oxygens (including phenoxy) is 1. The Bertz CT molecular complexity index is 1080. The van der Waals surface area contributed by atoms with Gasteiger partial charge in [0.05, 0.1) is 18.5 Å². The van der Waals surface area contributed by atoms with Gasteiger partial charge in [-0.15, -0.1) is 5.10 Å². The molecule has 0 bridgehead atoms. The number of hydrogen-bond donors (Lipinski definition) is 0. The zero-order valence-corrected chi connectivity index (χ0v) is 16.9. The summed E-state index contributed by atoms with van der Waals surface area (Å²) in [5, 5.41) is 8.16. The van der Waals surface area contributed by atoms with Crippen LogP contribution in [0.5, 0.6) is 5.88 Å². The van der Waals surface area contributed by atoms with E-state index in [9.17, 15) is 8.42 Å². The highest BCUT2D eigenvalue weighted by molar-refractivity contribution is 7.89. The van der Waals surface area contributed by atoms with Crippen LogP contribution in [0.4, 0.5) is 0 Å². The molecule has 0 radical (unpaired) electrons. The van der Waals surface area contributed by atoms with E-state index >= 15 is 0 Å². The van der Waals surface area contributed by atoms with Crippen LogP contribution < -0.4 is 4.74 Å². The average Bonchev–Trinajstić information content (AvgIpc) is 3.20. The maximum Gasteiger partial charge on any atom is 0.248 e. The van der Waals surface area contributed by atoms with E-state index in [0.29, 0.717) is 37.0 Å². The Balaban J connectivity index is 1.36. The summed E-state index contributed by atoms with van der Waals surface area (Å²) in [7, 11) is -3.58. The molecule has 3 aromatic heterocycles. The van der Waals surface area contributed by atoms with E-state index < -0.39 is 10.0 Å². The summed E-state index contributed by atoms with van der Waals surface area (Å²) in [5.41, 5.74) is 2.08. The molecule has 1 saturated heterocycles. The predicted molar refractivity (Wildman–Crippen MR) is 101 cm³/mol. The highest BCUT2D eigenvalue weighted by Gasteiger charge is 2.33. The molecule has 1 aliphatic heterocycles. The van der Waals surface area contributed by atoms with E-state index in [-0.39, 0.29) is 10.8 Å². The second-order valence-corrected chi connectivity index (χ2v) is 9.04. The molecule has 28 heavy (non-hydrogen) atoms. The molecule has 1 fully saturated rings. The molecule has 4 heterocycles. The van der Waals surface area contributed by atoms with Gasteiger partial charge in [-0.25, -0.2) is 17.9 Å². The highest BCUT2D eigenvalue weighted by atomic mass is 32.2. The van der Waals surface area contributed by atoms with E-state index in [1.165, 1.54) is 4.31 Å². The lowest BCUT2D eigenvalue weighted by Crippen LogP contribution is -2.40. The first kappa shape index (κ1) is 18.9. The van der Waals surface area contributed by atoms with Crippen molar-refractivity contribution < 1.29 is 17.7 Å². The number of aromatic nitrogens is 4. The van der Waals surface area contributed by atoms with Crippen LogP contribution in [0.1, 0.15) is 30.0 Å². The van der Waals surface area contributed by atoms with Gasteiger partial charge in [0.1, 0.15) is 10.6 Å². The number of hydrogen-bond acceptors (Lipinski definition) is 7. The lowest BCUT2D eigenvalue weighted by molar-refractivity contribution is 0.179. The van der Waals surface area contributed by atoms with Gasteiger partial charge in [-0.1, -0.05) is 5.16 Å². The van der Waals surface area contributed by atoms with E-state index in [0.717, 1.165) is 24.2 Å². The van der Waals surface area contributed by atoms with Gasteiger partial charge in [-0.2, -0.15) is 4.31 Å². The number of piperidine rings is 1. The van der Waals surface area contributed by atoms with Gasteiger partial charge in [-0.3, -0.25) is 0 Å². The monoisotopic (exact) mass is 405 g/mol. The molecule has 0 saturated carbocycles. The molecule has 0 spiro atoms. The number of rotatable bonds is 5. The van der Waals surface area contributed by atoms with Crippen LogP contribution in [0.3, 0.4) is 0 Å². The Labute approximate surface area is 163 Å². The van der Waals surface area contributed by atoms with Crippen molar-refractivity contribution in [3.8, 4) is 5.88 Å². The molecule has 3 aromatic rings. The van der Waals surface area contributed by atoms with E-state index in [4.69, 9.17) is 9.26 Å². The number of aryl methyl sites for hydroxylation is 3. The lowest BCUT2D eigenvalue weighted by atomic mass is 9.99. The Kier molecular flexibility index (Phi) is 4.84. The van der Waals surface area contributed by atoms with Crippen LogP contribution in [0.2, 0.25) is 0 Å². The van der Waals surface area contributed by atoms with E-state index in [1.807, 2.05) is 19.2 Å². The molecule has 1 aliphatic rings. The summed E-state index contributed by atoms with van der Waals surface area (Å²) in [6, 6.07) is 3.67. The quantitative estimate of drug-likeness (QED) is 0.640. The Morgan fingerprint density at radius 3 is 2.64 bits per heavy atom. The molecular formula is C18H23N5O4S. The van der Waals surface area contributed by atoms with Gasteiger partial charge >= 0.3 is 0 Å². The van der Waals surface area contributed by atoms with Crippen molar-refractivity contribution in [2.24, 2.45) is 5.92 Å². The fourth-order valence-corrected chi connectivity index (χ4v) is 5.31. The van der Waals surface area contributed by atoms with Crippen molar-refractivity contribution >= 4 is 15.7 Å². The van der Waals surface area contributed by atoms with Crippen LogP contribution in [-0.4, -0.2) is 52.2 Å². The standard InChI is InChI=1S/C18H23N5O4S/c1-12-10-23-16(19-12)4-5-17(20-23)26-11-15-6-8-22(9-7-15)28(24,25)18-13(2)21-27-14(18)3/h4-5,10,15H,6-9,11H2,1-3H3. The second-order valence-electron chi connectivity index (χ2n) is 7.17. The van der Waals surface area contributed by atoms with E-state index in [1.54, 1.807) is 24.4 Å².